The number of hydrogen-bond acceptors (Lipinski definition) is 5. The number of β-amino-alcohol motifs (C(OH)–C–C–N with tert-alkyl or cyclic N) is 1. The second-order valence-electron chi connectivity index (χ2n) is 3.37. The van der Waals surface area contributed by atoms with Gasteiger partial charge in [-0.05, 0) is 19.8 Å². The van der Waals surface area contributed by atoms with E-state index < -0.39 is 0 Å². The first-order valence-electron chi connectivity index (χ1n) is 4.49. The van der Waals surface area contributed by atoms with Crippen molar-refractivity contribution in [3.05, 3.63) is 5.82 Å². The van der Waals surface area contributed by atoms with Crippen LogP contribution in [0.1, 0.15) is 18.7 Å². The summed E-state index contributed by atoms with van der Waals surface area (Å²) in [6.07, 6.45) is 1.76. The summed E-state index contributed by atoms with van der Waals surface area (Å²) in [5.74, 6) is 0.820. The fourth-order valence-electron chi connectivity index (χ4n) is 1.54. The predicted molar refractivity (Wildman–Crippen MR) is 52.1 cm³/mol. The summed E-state index contributed by atoms with van der Waals surface area (Å²) in [7, 11) is 0. The number of aliphatic hydroxyl groups is 1. The highest BCUT2D eigenvalue weighted by molar-refractivity contribution is 7.09. The van der Waals surface area contributed by atoms with Crippen molar-refractivity contribution in [1.82, 2.24) is 9.36 Å². The summed E-state index contributed by atoms with van der Waals surface area (Å²) in [6, 6.07) is 0. The molecule has 1 N–H and O–H groups in total. The third-order valence-corrected chi connectivity index (χ3v) is 3.05. The van der Waals surface area contributed by atoms with Crippen LogP contribution in [0.2, 0.25) is 0 Å². The van der Waals surface area contributed by atoms with E-state index in [1.54, 1.807) is 0 Å². The average Bonchev–Trinajstić information content (AvgIpc) is 2.52. The molecule has 1 aliphatic rings. The van der Waals surface area contributed by atoms with Crippen molar-refractivity contribution < 1.29 is 5.11 Å². The smallest absolute Gasteiger partial charge is 0.205 e. The highest BCUT2D eigenvalue weighted by atomic mass is 32.1. The topological polar surface area (TPSA) is 49.2 Å². The first-order chi connectivity index (χ1) is 6.25. The molecule has 0 bridgehead atoms. The monoisotopic (exact) mass is 199 g/mol. The molecule has 0 aliphatic carbocycles. The van der Waals surface area contributed by atoms with Gasteiger partial charge in [0.1, 0.15) is 5.82 Å². The molecule has 1 unspecified atom stereocenters. The lowest BCUT2D eigenvalue weighted by Crippen LogP contribution is -2.38. The Hall–Kier alpha value is -0.680. The first kappa shape index (κ1) is 8.90. The van der Waals surface area contributed by atoms with Crippen LogP contribution in [0.15, 0.2) is 0 Å². The fraction of sp³-hybridized carbons (Fsp3) is 0.750. The van der Waals surface area contributed by atoms with Gasteiger partial charge in [-0.1, -0.05) is 0 Å². The quantitative estimate of drug-likeness (QED) is 0.727. The Bertz CT molecular complexity index is 289. The van der Waals surface area contributed by atoms with E-state index in [9.17, 15) is 5.11 Å². The molecule has 1 aliphatic heterocycles. The average molecular weight is 199 g/mol. The number of aryl methyl sites for hydroxylation is 1. The maximum Gasteiger partial charge on any atom is 0.205 e. The highest BCUT2D eigenvalue weighted by Gasteiger charge is 2.20. The van der Waals surface area contributed by atoms with E-state index in [0.717, 1.165) is 30.3 Å². The van der Waals surface area contributed by atoms with Crippen molar-refractivity contribution in [1.29, 1.82) is 0 Å². The van der Waals surface area contributed by atoms with Crippen LogP contribution in [0.5, 0.6) is 0 Å². The Morgan fingerprint density at radius 2 is 2.46 bits per heavy atom. The van der Waals surface area contributed by atoms with Crippen molar-refractivity contribution in [3.63, 3.8) is 0 Å². The fourth-order valence-corrected chi connectivity index (χ4v) is 2.25. The van der Waals surface area contributed by atoms with Gasteiger partial charge in [0, 0.05) is 24.6 Å². The van der Waals surface area contributed by atoms with Crippen molar-refractivity contribution in [2.75, 3.05) is 18.0 Å². The second kappa shape index (κ2) is 3.59. The van der Waals surface area contributed by atoms with Gasteiger partial charge in [-0.25, -0.2) is 4.98 Å². The number of nitrogens with zero attached hydrogens (tertiary/aromatic N) is 3. The number of piperidine rings is 1. The standard InChI is InChI=1S/C8H13N3OS/c1-6-9-8(13-10-6)11-4-2-3-7(12)5-11/h7,12H,2-5H2,1H3. The van der Waals surface area contributed by atoms with Crippen LogP contribution in [0.25, 0.3) is 0 Å². The van der Waals surface area contributed by atoms with Gasteiger partial charge in [-0.3, -0.25) is 0 Å². The van der Waals surface area contributed by atoms with Gasteiger partial charge in [0.25, 0.3) is 0 Å². The number of rotatable bonds is 1. The van der Waals surface area contributed by atoms with E-state index >= 15 is 0 Å². The Balaban J connectivity index is 2.08. The maximum atomic E-state index is 9.46. The molecule has 0 amide bonds. The molecule has 2 rings (SSSR count). The molecule has 1 aromatic rings. The normalized spacial score (nSPS) is 23.5. The molecule has 0 saturated carbocycles. The van der Waals surface area contributed by atoms with Crippen molar-refractivity contribution in [2.24, 2.45) is 0 Å². The molecule has 0 aromatic carbocycles. The molecule has 1 saturated heterocycles. The summed E-state index contributed by atoms with van der Waals surface area (Å²) in [6.45, 7) is 3.58. The van der Waals surface area contributed by atoms with E-state index in [0.29, 0.717) is 6.54 Å². The molecule has 2 heterocycles. The first-order valence-corrected chi connectivity index (χ1v) is 5.26. The lowest BCUT2D eigenvalue weighted by atomic mass is 10.1. The molecule has 1 fully saturated rings. The Kier molecular flexibility index (Phi) is 2.46. The van der Waals surface area contributed by atoms with Gasteiger partial charge >= 0.3 is 0 Å². The minimum Gasteiger partial charge on any atom is -0.391 e. The predicted octanol–water partition coefficient (Wildman–Crippen LogP) is 0.808. The van der Waals surface area contributed by atoms with E-state index in [1.165, 1.54) is 11.5 Å². The molecule has 0 spiro atoms. The molecule has 0 radical (unpaired) electrons. The van der Waals surface area contributed by atoms with E-state index in [1.807, 2.05) is 6.92 Å². The van der Waals surface area contributed by atoms with Crippen LogP contribution in [0, 0.1) is 6.92 Å². The van der Waals surface area contributed by atoms with Crippen LogP contribution >= 0.6 is 11.5 Å². The van der Waals surface area contributed by atoms with Gasteiger partial charge in [0.2, 0.25) is 5.13 Å². The van der Waals surface area contributed by atoms with Crippen LogP contribution < -0.4 is 4.90 Å². The molecule has 1 aromatic heterocycles. The van der Waals surface area contributed by atoms with Crippen LogP contribution in [0.3, 0.4) is 0 Å². The number of hydrogen-bond donors (Lipinski definition) is 1. The van der Waals surface area contributed by atoms with E-state index in [2.05, 4.69) is 14.3 Å². The zero-order valence-corrected chi connectivity index (χ0v) is 8.42. The molecular weight excluding hydrogens is 186 g/mol. The lowest BCUT2D eigenvalue weighted by Gasteiger charge is -2.29. The van der Waals surface area contributed by atoms with Gasteiger partial charge in [-0.2, -0.15) is 4.37 Å². The zero-order chi connectivity index (χ0) is 9.26. The molecule has 4 nitrogen and oxygen atoms in total. The van der Waals surface area contributed by atoms with Gasteiger partial charge in [0.15, 0.2) is 0 Å². The van der Waals surface area contributed by atoms with Crippen LogP contribution in [-0.2, 0) is 0 Å². The Labute approximate surface area is 81.4 Å². The van der Waals surface area contributed by atoms with E-state index in [-0.39, 0.29) is 6.10 Å². The van der Waals surface area contributed by atoms with Gasteiger partial charge in [0.05, 0.1) is 6.10 Å². The van der Waals surface area contributed by atoms with Crippen LogP contribution in [-0.4, -0.2) is 33.7 Å². The molecule has 13 heavy (non-hydrogen) atoms. The third-order valence-electron chi connectivity index (χ3n) is 2.18. The summed E-state index contributed by atoms with van der Waals surface area (Å²) in [5, 5.41) is 10.4. The largest absolute Gasteiger partial charge is 0.391 e. The van der Waals surface area contributed by atoms with Crippen molar-refractivity contribution in [2.45, 2.75) is 25.9 Å². The lowest BCUT2D eigenvalue weighted by molar-refractivity contribution is 0.154. The molecular formula is C8H13N3OS. The zero-order valence-electron chi connectivity index (χ0n) is 7.60. The van der Waals surface area contributed by atoms with Crippen molar-refractivity contribution >= 4 is 16.7 Å². The minimum absolute atomic E-state index is 0.196. The molecule has 5 heteroatoms. The van der Waals surface area contributed by atoms with Crippen molar-refractivity contribution in [3.8, 4) is 0 Å². The molecule has 1 atom stereocenters. The third kappa shape index (κ3) is 1.97. The number of aromatic nitrogens is 2. The molecule has 72 valence electrons. The second-order valence-corrected chi connectivity index (χ2v) is 4.10. The summed E-state index contributed by atoms with van der Waals surface area (Å²) >= 11 is 1.41. The summed E-state index contributed by atoms with van der Waals surface area (Å²) in [4.78, 5) is 6.40. The number of anilines is 1. The maximum absolute atomic E-state index is 9.46. The van der Waals surface area contributed by atoms with E-state index in [4.69, 9.17) is 0 Å². The summed E-state index contributed by atoms with van der Waals surface area (Å²) < 4.78 is 4.12. The number of aliphatic hydroxyl groups excluding tert-OH is 1. The Morgan fingerprint density at radius 3 is 3.08 bits per heavy atom. The van der Waals surface area contributed by atoms with Crippen LogP contribution in [0.4, 0.5) is 5.13 Å². The highest BCUT2D eigenvalue weighted by Crippen LogP contribution is 2.21. The van der Waals surface area contributed by atoms with Gasteiger partial charge in [-0.15, -0.1) is 0 Å². The Morgan fingerprint density at radius 1 is 1.62 bits per heavy atom. The SMILES string of the molecule is Cc1nsc(N2CCCC(O)C2)n1. The van der Waals surface area contributed by atoms with Gasteiger partial charge < -0.3 is 10.0 Å². The summed E-state index contributed by atoms with van der Waals surface area (Å²) in [5.41, 5.74) is 0. The minimum atomic E-state index is -0.196.